The van der Waals surface area contributed by atoms with Crippen molar-refractivity contribution in [2.75, 3.05) is 0 Å². The van der Waals surface area contributed by atoms with Gasteiger partial charge in [0.05, 0.1) is 0 Å². The van der Waals surface area contributed by atoms with Gasteiger partial charge < -0.3 is 0 Å². The Hall–Kier alpha value is 0.140. The summed E-state index contributed by atoms with van der Waals surface area (Å²) in [5, 5.41) is 3.04. The molecular weight excluding hydrogens is 223 g/mol. The van der Waals surface area contributed by atoms with E-state index in [9.17, 15) is 4.91 Å². The molecule has 0 N–H and O–H groups in total. The highest BCUT2D eigenvalue weighted by Gasteiger charge is 2.52. The molecule has 0 aromatic heterocycles. The van der Waals surface area contributed by atoms with E-state index in [2.05, 4.69) is 5.18 Å². The third kappa shape index (κ3) is 2.05. The minimum absolute atomic E-state index is 0.320. The molecule has 1 heterocycles. The fourth-order valence-corrected chi connectivity index (χ4v) is 3.18. The lowest BCUT2D eigenvalue weighted by Gasteiger charge is -2.52. The molecule has 0 aromatic carbocycles. The fraction of sp³-hybridized carbons (Fsp3) is 1.00. The molecule has 1 aliphatic heterocycles. The second kappa shape index (κ2) is 3.32. The van der Waals surface area contributed by atoms with Crippen molar-refractivity contribution in [3.63, 3.8) is 0 Å². The van der Waals surface area contributed by atoms with E-state index >= 15 is 0 Å². The molecular formula is C9H16Cl2N2O. The van der Waals surface area contributed by atoms with Crippen LogP contribution >= 0.6 is 23.4 Å². The Morgan fingerprint density at radius 2 is 1.50 bits per heavy atom. The lowest BCUT2D eigenvalue weighted by Crippen LogP contribution is -2.59. The Kier molecular flexibility index (Phi) is 2.90. The van der Waals surface area contributed by atoms with Gasteiger partial charge in [-0.2, -0.15) is 0 Å². The van der Waals surface area contributed by atoms with Crippen LogP contribution in [-0.2, 0) is 0 Å². The maximum atomic E-state index is 10.7. The monoisotopic (exact) mass is 238 g/mol. The van der Waals surface area contributed by atoms with Crippen LogP contribution in [0.25, 0.3) is 0 Å². The molecule has 1 fully saturated rings. The highest BCUT2D eigenvalue weighted by molar-refractivity contribution is 6.24. The Morgan fingerprint density at radius 3 is 1.79 bits per heavy atom. The van der Waals surface area contributed by atoms with Crippen LogP contribution in [0.4, 0.5) is 0 Å². The molecule has 0 unspecified atom stereocenters. The Morgan fingerprint density at radius 1 is 1.14 bits per heavy atom. The molecule has 0 amide bonds. The third-order valence-electron chi connectivity index (χ3n) is 2.63. The van der Waals surface area contributed by atoms with E-state index in [0.29, 0.717) is 12.8 Å². The molecule has 3 nitrogen and oxygen atoms in total. The van der Waals surface area contributed by atoms with Crippen molar-refractivity contribution in [1.82, 2.24) is 4.42 Å². The summed E-state index contributed by atoms with van der Waals surface area (Å²) in [4.78, 5) is 9.70. The number of halogens is 2. The summed E-state index contributed by atoms with van der Waals surface area (Å²) >= 11 is 12.3. The highest BCUT2D eigenvalue weighted by atomic mass is 35.5. The van der Waals surface area contributed by atoms with Gasteiger partial charge in [0.15, 0.2) is 5.00 Å². The topological polar surface area (TPSA) is 32.7 Å². The van der Waals surface area contributed by atoms with Crippen LogP contribution in [0, 0.1) is 4.91 Å². The van der Waals surface area contributed by atoms with Gasteiger partial charge >= 0.3 is 0 Å². The summed E-state index contributed by atoms with van der Waals surface area (Å²) < 4.78 is 1.74. The van der Waals surface area contributed by atoms with E-state index in [0.717, 1.165) is 0 Å². The van der Waals surface area contributed by atoms with Crippen LogP contribution in [-0.4, -0.2) is 20.5 Å². The van der Waals surface area contributed by atoms with E-state index < -0.39 is 5.00 Å². The molecule has 0 bridgehead atoms. The molecule has 0 aliphatic carbocycles. The summed E-state index contributed by atoms with van der Waals surface area (Å²) in [7, 11) is 0. The van der Waals surface area contributed by atoms with Gasteiger partial charge in [0, 0.05) is 23.9 Å². The second-order valence-electron chi connectivity index (χ2n) is 5.27. The van der Waals surface area contributed by atoms with E-state index in [4.69, 9.17) is 23.4 Å². The van der Waals surface area contributed by atoms with Gasteiger partial charge in [-0.3, -0.25) is 0 Å². The number of nitroso groups, excluding NO2 is 1. The standard InChI is InChI=1S/C9H16Cl2N2O/c1-7(2)5-9(10,12-14)6-8(3,4)13(7)11/h5-6H2,1-4H3. The average Bonchev–Trinajstić information content (AvgIpc) is 1.99. The molecule has 0 atom stereocenters. The number of rotatable bonds is 1. The number of nitrogens with zero attached hydrogens (tertiary/aromatic N) is 2. The van der Waals surface area contributed by atoms with E-state index in [1.165, 1.54) is 0 Å². The number of alkyl halides is 1. The highest BCUT2D eigenvalue weighted by Crippen LogP contribution is 2.48. The van der Waals surface area contributed by atoms with Crippen LogP contribution in [0.3, 0.4) is 0 Å². The van der Waals surface area contributed by atoms with Gasteiger partial charge in [0.2, 0.25) is 0 Å². The smallest absolute Gasteiger partial charge is 0.179 e. The zero-order valence-corrected chi connectivity index (χ0v) is 10.5. The van der Waals surface area contributed by atoms with Gasteiger partial charge in [-0.25, -0.2) is 4.42 Å². The average molecular weight is 239 g/mol. The molecule has 5 heteroatoms. The lowest BCUT2D eigenvalue weighted by atomic mass is 9.79. The molecule has 1 rings (SSSR count). The van der Waals surface area contributed by atoms with Crippen LogP contribution in [0.1, 0.15) is 40.5 Å². The van der Waals surface area contributed by atoms with E-state index in [1.54, 1.807) is 4.42 Å². The first-order valence-electron chi connectivity index (χ1n) is 4.63. The summed E-state index contributed by atoms with van der Waals surface area (Å²) in [5.74, 6) is 0. The van der Waals surface area contributed by atoms with Crippen molar-refractivity contribution >= 4 is 23.4 Å². The minimum Gasteiger partial charge on any atom is -0.209 e. The fourth-order valence-electron chi connectivity index (χ4n) is 2.41. The predicted molar refractivity (Wildman–Crippen MR) is 59.5 cm³/mol. The molecule has 1 aliphatic rings. The van der Waals surface area contributed by atoms with Gasteiger partial charge in [0.1, 0.15) is 0 Å². The number of hydrogen-bond donors (Lipinski definition) is 0. The largest absolute Gasteiger partial charge is 0.209 e. The molecule has 0 saturated carbocycles. The summed E-state index contributed by atoms with van der Waals surface area (Å²) in [6, 6.07) is 0. The Bertz CT molecular complexity index is 235. The minimum atomic E-state index is -1.02. The van der Waals surface area contributed by atoms with E-state index in [-0.39, 0.29) is 11.1 Å². The maximum Gasteiger partial charge on any atom is 0.179 e. The van der Waals surface area contributed by atoms with Crippen LogP contribution in [0.2, 0.25) is 0 Å². The molecule has 0 spiro atoms. The van der Waals surface area contributed by atoms with Crippen LogP contribution in [0.15, 0.2) is 5.18 Å². The van der Waals surface area contributed by atoms with Crippen molar-refractivity contribution < 1.29 is 0 Å². The predicted octanol–water partition coefficient (Wildman–Crippen LogP) is 3.49. The summed E-state index contributed by atoms with van der Waals surface area (Å²) in [5.41, 5.74) is -0.641. The number of hydrogen-bond acceptors (Lipinski definition) is 3. The first-order chi connectivity index (χ1) is 6.13. The summed E-state index contributed by atoms with van der Waals surface area (Å²) in [6.45, 7) is 7.85. The Labute approximate surface area is 94.8 Å². The van der Waals surface area contributed by atoms with Crippen molar-refractivity contribution in [2.45, 2.75) is 56.6 Å². The van der Waals surface area contributed by atoms with Gasteiger partial charge in [-0.1, -0.05) is 11.6 Å². The molecule has 14 heavy (non-hydrogen) atoms. The number of piperidine rings is 1. The van der Waals surface area contributed by atoms with Gasteiger partial charge in [-0.05, 0) is 44.6 Å². The quantitative estimate of drug-likeness (QED) is 0.303. The van der Waals surface area contributed by atoms with Crippen molar-refractivity contribution in [3.8, 4) is 0 Å². The van der Waals surface area contributed by atoms with Crippen molar-refractivity contribution in [1.29, 1.82) is 0 Å². The first kappa shape index (κ1) is 12.2. The van der Waals surface area contributed by atoms with Gasteiger partial charge in [0.25, 0.3) is 0 Å². The maximum absolute atomic E-state index is 10.7. The Balaban J connectivity index is 3.03. The lowest BCUT2D eigenvalue weighted by molar-refractivity contribution is 0.0355. The normalized spacial score (nSPS) is 29.9. The van der Waals surface area contributed by atoms with Gasteiger partial charge in [-0.15, -0.1) is 4.91 Å². The molecule has 0 radical (unpaired) electrons. The zero-order chi connectivity index (χ0) is 11.2. The molecule has 1 saturated heterocycles. The third-order valence-corrected chi connectivity index (χ3v) is 3.88. The molecule has 82 valence electrons. The van der Waals surface area contributed by atoms with Crippen LogP contribution < -0.4 is 0 Å². The molecule has 0 aromatic rings. The van der Waals surface area contributed by atoms with E-state index in [1.807, 2.05) is 27.7 Å². The SMILES string of the molecule is CC1(C)CC(Cl)(N=O)CC(C)(C)N1Cl. The summed E-state index contributed by atoms with van der Waals surface area (Å²) in [6.07, 6.45) is 0.940. The van der Waals surface area contributed by atoms with Crippen molar-refractivity contribution in [3.05, 3.63) is 4.91 Å². The first-order valence-corrected chi connectivity index (χ1v) is 5.34. The van der Waals surface area contributed by atoms with Crippen LogP contribution in [0.5, 0.6) is 0 Å². The van der Waals surface area contributed by atoms with Crippen molar-refractivity contribution in [2.24, 2.45) is 5.18 Å². The zero-order valence-electron chi connectivity index (χ0n) is 8.97. The second-order valence-corrected chi connectivity index (χ2v) is 6.31.